The number of fused-ring (bicyclic) bond motifs is 15. The highest BCUT2D eigenvalue weighted by Gasteiger charge is 2.51. The fourth-order valence-corrected chi connectivity index (χ4v) is 17.1. The predicted molar refractivity (Wildman–Crippen MR) is 464 cm³/mol. The molecule has 0 fully saturated rings. The first kappa shape index (κ1) is 45.2. The molecule has 2 aromatic heterocycles. The Kier molecular flexibility index (Phi) is 9.93. The number of hydrogen-bond acceptors (Lipinski definition) is 3. The molecule has 0 N–H and O–H groups in total. The van der Waals surface area contributed by atoms with E-state index < -0.39 is 185 Å². The maximum atomic E-state index is 11.1. The van der Waals surface area contributed by atoms with Crippen molar-refractivity contribution >= 4 is 124 Å². The Balaban J connectivity index is 1.01. The normalized spacial score (nSPS) is 16.3. The second-order valence-electron chi connectivity index (χ2n) is 31.8. The van der Waals surface area contributed by atoms with Crippen molar-refractivity contribution in [3.8, 4) is 78.5 Å². The van der Waals surface area contributed by atoms with Gasteiger partial charge in [-0.2, -0.15) is 0 Å². The van der Waals surface area contributed by atoms with Crippen molar-refractivity contribution in [1.82, 2.24) is 9.13 Å². The minimum absolute atomic E-state index is 0.0242. The van der Waals surface area contributed by atoms with E-state index in [0.717, 1.165) is 65.8 Å². The van der Waals surface area contributed by atoms with Crippen LogP contribution in [0.5, 0.6) is 11.5 Å². The van der Waals surface area contributed by atoms with E-state index in [1.807, 2.05) is 132 Å². The van der Waals surface area contributed by atoms with Gasteiger partial charge in [0, 0.05) is 77.8 Å². The lowest BCUT2D eigenvalue weighted by atomic mass is 9.31. The van der Waals surface area contributed by atoms with E-state index in [0.29, 0.717) is 39.4 Å². The Morgan fingerprint density at radius 3 is 1.34 bits per heavy atom. The maximum absolute atomic E-state index is 11.1. The maximum Gasteiger partial charge on any atom is 0.256 e. The van der Waals surface area contributed by atoms with Gasteiger partial charge in [-0.25, -0.2) is 0 Å². The Morgan fingerprint density at radius 2 is 0.780 bits per heavy atom. The van der Waals surface area contributed by atoms with E-state index in [2.05, 4.69) is 104 Å². The van der Waals surface area contributed by atoms with Gasteiger partial charge in [-0.1, -0.05) is 298 Å². The van der Waals surface area contributed by atoms with Crippen LogP contribution in [0.15, 0.2) is 321 Å². The van der Waals surface area contributed by atoms with Gasteiger partial charge in [0.25, 0.3) is 13.4 Å². The molecule has 15 aromatic carbocycles. The smallest absolute Gasteiger partial charge is 0.256 e. The van der Waals surface area contributed by atoms with Crippen LogP contribution in [-0.2, 0) is 16.2 Å². The minimum Gasteiger partial charge on any atom is -0.456 e. The fourth-order valence-electron chi connectivity index (χ4n) is 17.1. The summed E-state index contributed by atoms with van der Waals surface area (Å²) in [5.74, 6) is 0.139. The summed E-state index contributed by atoms with van der Waals surface area (Å²) in [6.45, 7) is 16.5. The SMILES string of the molecule is [2H]c1c([2H])c([2H])c(-c2ccc3c(c2)B2c4c(cc5c(c4O3)N(c3c(-c4ccccc4)cc(C(C)(C)C)cc3-c3ccccc3)c3cc(C(C)(C)C)cc4c3B5c3c([2H])c([2H])c([2H])c([2H])c3N4c3c(-c4ccccc4)cc(C(C)(C)C)cc3-c3ccccc3)-n3c4c([2H])c([2H])c(-n5c6c([2H])c([2H])c([2H])c([2H])c6c6c([2H])c([2H])c([2H])c([2H])c65)c([2H])c4c4c([2H])c([2H])c([2H])c2c43)c([2H])c1[2H]. The quantitative estimate of drug-likeness (QED) is 0.142. The lowest BCUT2D eigenvalue weighted by molar-refractivity contribution is 0.488. The zero-order valence-corrected chi connectivity index (χ0v) is 61.2. The van der Waals surface area contributed by atoms with Crippen LogP contribution < -0.4 is 47.3 Å². The molecular weight excluding hydrogens is 1320 g/mol. The highest BCUT2D eigenvalue weighted by Crippen LogP contribution is 2.57. The zero-order valence-electron chi connectivity index (χ0n) is 84.2. The van der Waals surface area contributed by atoms with Crippen molar-refractivity contribution in [3.05, 3.63) is 338 Å². The molecule has 0 saturated heterocycles. The number of aromatic nitrogens is 2. The molecule has 7 heteroatoms. The van der Waals surface area contributed by atoms with E-state index >= 15 is 0 Å². The molecule has 17 aromatic rings. The number of benzene rings is 15. The third kappa shape index (κ3) is 9.88. The molecule has 0 atom stereocenters. The van der Waals surface area contributed by atoms with Crippen LogP contribution in [0.3, 0.4) is 0 Å². The number of rotatable bonds is 8. The molecule has 4 aliphatic rings. The second kappa shape index (κ2) is 24.0. The van der Waals surface area contributed by atoms with Crippen LogP contribution in [0.2, 0.25) is 0 Å². The minimum atomic E-state index is -1.42. The highest BCUT2D eigenvalue weighted by molar-refractivity contribution is 7.02. The van der Waals surface area contributed by atoms with E-state index in [1.54, 1.807) is 22.8 Å². The number of ether oxygens (including phenoxy) is 1. The Labute approximate surface area is 671 Å². The number of nitrogens with zero attached hydrogens (tertiary/aromatic N) is 4. The first-order valence-electron chi connectivity index (χ1n) is 48.2. The van der Waals surface area contributed by atoms with Crippen molar-refractivity contribution in [2.24, 2.45) is 0 Å². The third-order valence-electron chi connectivity index (χ3n) is 22.3. The zero-order chi connectivity index (χ0) is 93.5. The van der Waals surface area contributed by atoms with Gasteiger partial charge < -0.3 is 23.7 Å². The van der Waals surface area contributed by atoms with Crippen molar-refractivity contribution < 1.29 is 36.3 Å². The average molecular weight is 1420 g/mol. The van der Waals surface area contributed by atoms with Crippen LogP contribution in [0.25, 0.3) is 111 Å². The van der Waals surface area contributed by atoms with Crippen molar-refractivity contribution in [2.45, 2.75) is 78.6 Å². The molecule has 520 valence electrons. The van der Waals surface area contributed by atoms with Crippen molar-refractivity contribution in [2.75, 3.05) is 9.80 Å². The van der Waals surface area contributed by atoms with Crippen LogP contribution in [0.4, 0.5) is 34.1 Å². The van der Waals surface area contributed by atoms with Gasteiger partial charge >= 0.3 is 0 Å². The lowest BCUT2D eigenvalue weighted by Crippen LogP contribution is -2.64. The standard InChI is InChI=1S/C102H80B2N4O/c1-100(2,3)69-55-76(64-34-17-11-18-35-64)95(77(56-69)65-36-19-12-20-37-65)107-88-49-30-27-45-81(88)103-84-62-91-94-99(98(84)108(90-60-71(102(7,8)9)59-89(107)93(90)103)96-78(66-38-21-13-22-39-66)57-70(101(4,5)6)58-79(96)67-40-23-14-24-41-67)109-92-53-50-68(63-32-15-10-16-33-63)54-83(92)104(94)82-46-31-44-75-80-61-72(51-52-87(80)106(91)97(75)82)105-85-47-28-25-42-73(85)74-43-26-29-48-86(74)105/h10-62H,1-9H3/i10D,15D,16D,25D,26D,27D,28D,29D,30D,31D,32D,33D,42D,43D,44D,45D,46D,47D,48D,49D,51D,52D,61D. The summed E-state index contributed by atoms with van der Waals surface area (Å²) < 4.78 is 238. The van der Waals surface area contributed by atoms with Crippen LogP contribution in [0, 0.1) is 0 Å². The number of hydrogen-bond donors (Lipinski definition) is 0. The van der Waals surface area contributed by atoms with Gasteiger partial charge in [-0.05, 0) is 184 Å². The molecule has 4 aliphatic heterocycles. The molecule has 0 radical (unpaired) electrons. The van der Waals surface area contributed by atoms with Crippen molar-refractivity contribution in [3.63, 3.8) is 0 Å². The molecule has 6 heterocycles. The summed E-state index contributed by atoms with van der Waals surface area (Å²) in [6, 6.07) is 44.5. The van der Waals surface area contributed by atoms with Gasteiger partial charge in [0.15, 0.2) is 0 Å². The predicted octanol–water partition coefficient (Wildman–Crippen LogP) is 23.1. The second-order valence-corrected chi connectivity index (χ2v) is 31.8. The highest BCUT2D eigenvalue weighted by atomic mass is 16.5. The van der Waals surface area contributed by atoms with Crippen LogP contribution in [0.1, 0.15) is 111 Å². The molecule has 109 heavy (non-hydrogen) atoms. The summed E-state index contributed by atoms with van der Waals surface area (Å²) in [4.78, 5) is 4.25. The van der Waals surface area contributed by atoms with Crippen LogP contribution >= 0.6 is 0 Å². The van der Waals surface area contributed by atoms with Gasteiger partial charge in [-0.3, -0.25) is 0 Å². The van der Waals surface area contributed by atoms with E-state index in [1.165, 1.54) is 0 Å². The molecule has 0 aliphatic carbocycles. The first-order chi connectivity index (χ1) is 62.6. The summed E-state index contributed by atoms with van der Waals surface area (Å²) in [5, 5.41) is -1.31. The van der Waals surface area contributed by atoms with Gasteiger partial charge in [0.05, 0.1) is 65.1 Å². The van der Waals surface area contributed by atoms with E-state index in [-0.39, 0.29) is 88.4 Å². The Morgan fingerprint density at radius 1 is 0.312 bits per heavy atom. The summed E-state index contributed by atoms with van der Waals surface area (Å²) in [6.07, 6.45) is 0. The average Bonchev–Trinajstić information content (AvgIpc) is 1.38. The molecule has 0 unspecified atom stereocenters. The molecule has 21 rings (SSSR count). The molecule has 0 spiro atoms. The molecule has 0 bridgehead atoms. The molecule has 0 amide bonds. The molecular formula is C102H80B2N4O. The Hall–Kier alpha value is -12.6. The summed E-state index contributed by atoms with van der Waals surface area (Å²) in [7, 11) is 0. The van der Waals surface area contributed by atoms with E-state index in [9.17, 15) is 21.9 Å². The van der Waals surface area contributed by atoms with E-state index in [4.69, 9.17) is 14.3 Å². The van der Waals surface area contributed by atoms with Crippen molar-refractivity contribution in [1.29, 1.82) is 0 Å². The monoisotopic (exact) mass is 1420 g/mol. The number of anilines is 6. The summed E-state index contributed by atoms with van der Waals surface area (Å²) in [5.41, 5.74) is 9.06. The number of para-hydroxylation sites is 4. The topological polar surface area (TPSA) is 25.6 Å². The van der Waals surface area contributed by atoms with Gasteiger partial charge in [-0.15, -0.1) is 0 Å². The summed E-state index contributed by atoms with van der Waals surface area (Å²) >= 11 is 0. The third-order valence-corrected chi connectivity index (χ3v) is 22.3. The lowest BCUT2D eigenvalue weighted by Gasteiger charge is -2.48. The first-order valence-corrected chi connectivity index (χ1v) is 36.7. The molecule has 0 saturated carbocycles. The van der Waals surface area contributed by atoms with Gasteiger partial charge in [0.1, 0.15) is 11.5 Å². The van der Waals surface area contributed by atoms with Crippen LogP contribution in [-0.4, -0.2) is 22.6 Å². The fraction of sp³-hybridized carbons (Fsp3) is 0.118. The van der Waals surface area contributed by atoms with Gasteiger partial charge in [0.2, 0.25) is 0 Å². The largest absolute Gasteiger partial charge is 0.456 e. The molecule has 5 nitrogen and oxygen atoms in total. The Bertz CT molecular complexity index is 7880.